The first-order chi connectivity index (χ1) is 13.9. The highest BCUT2D eigenvalue weighted by atomic mass is 16.7. The molecular weight excluding hydrogens is 374 g/mol. The smallest absolute Gasteiger partial charge is 0.311 e. The number of carbonyl (C=O) groups is 3. The molecule has 2 aliphatic rings. The number of anilines is 1. The summed E-state index contributed by atoms with van der Waals surface area (Å²) >= 11 is 0. The molecule has 7 nitrogen and oxygen atoms in total. The zero-order valence-electron chi connectivity index (χ0n) is 16.3. The second-order valence-electron chi connectivity index (χ2n) is 7.22. The molecule has 1 amide bonds. The van der Waals surface area contributed by atoms with Crippen LogP contribution in [0.3, 0.4) is 0 Å². The van der Waals surface area contributed by atoms with Gasteiger partial charge in [0.2, 0.25) is 12.7 Å². The van der Waals surface area contributed by atoms with E-state index in [1.165, 1.54) is 0 Å². The summed E-state index contributed by atoms with van der Waals surface area (Å²) in [5.41, 5.74) is 3.27. The Bertz CT molecular complexity index is 999. The highest BCUT2D eigenvalue weighted by Crippen LogP contribution is 2.33. The van der Waals surface area contributed by atoms with Crippen molar-refractivity contribution in [2.24, 2.45) is 5.92 Å². The lowest BCUT2D eigenvalue weighted by molar-refractivity contribution is -0.147. The molecule has 2 aromatic carbocycles. The largest absolute Gasteiger partial charge is 0.457 e. The first-order valence-corrected chi connectivity index (χ1v) is 9.40. The third-order valence-corrected chi connectivity index (χ3v) is 5.37. The second kappa shape index (κ2) is 7.58. The fourth-order valence-electron chi connectivity index (χ4n) is 3.53. The summed E-state index contributed by atoms with van der Waals surface area (Å²) in [7, 11) is 0. The van der Waals surface area contributed by atoms with Crippen molar-refractivity contribution in [3.05, 3.63) is 53.1 Å². The minimum Gasteiger partial charge on any atom is -0.457 e. The predicted molar refractivity (Wildman–Crippen MR) is 104 cm³/mol. The lowest BCUT2D eigenvalue weighted by Crippen LogP contribution is -2.27. The van der Waals surface area contributed by atoms with Crippen LogP contribution in [-0.4, -0.2) is 37.6 Å². The van der Waals surface area contributed by atoms with Crippen LogP contribution in [0.15, 0.2) is 36.4 Å². The van der Waals surface area contributed by atoms with Gasteiger partial charge < -0.3 is 19.1 Å². The van der Waals surface area contributed by atoms with Crippen molar-refractivity contribution in [3.8, 4) is 11.5 Å². The van der Waals surface area contributed by atoms with E-state index in [-0.39, 0.29) is 38.1 Å². The van der Waals surface area contributed by atoms with Crippen LogP contribution in [0, 0.1) is 19.8 Å². The molecule has 0 N–H and O–H groups in total. The number of hydrogen-bond donors (Lipinski definition) is 0. The molecule has 1 atom stereocenters. The van der Waals surface area contributed by atoms with Crippen molar-refractivity contribution >= 4 is 23.3 Å². The van der Waals surface area contributed by atoms with Crippen LogP contribution >= 0.6 is 0 Å². The first-order valence-electron chi connectivity index (χ1n) is 9.40. The molecular formula is C22H21NO6. The van der Waals surface area contributed by atoms with Gasteiger partial charge in [0.05, 0.1) is 5.92 Å². The Balaban J connectivity index is 1.37. The number of amides is 1. The summed E-state index contributed by atoms with van der Waals surface area (Å²) in [5.74, 6) is -0.524. The van der Waals surface area contributed by atoms with E-state index in [2.05, 4.69) is 0 Å². The molecule has 0 saturated carbocycles. The van der Waals surface area contributed by atoms with E-state index in [9.17, 15) is 14.4 Å². The van der Waals surface area contributed by atoms with Crippen LogP contribution in [0.25, 0.3) is 0 Å². The third kappa shape index (κ3) is 3.68. The molecule has 150 valence electrons. The molecule has 7 heteroatoms. The van der Waals surface area contributed by atoms with Crippen molar-refractivity contribution < 1.29 is 28.6 Å². The number of carbonyl (C=O) groups excluding carboxylic acids is 3. The zero-order chi connectivity index (χ0) is 20.5. The zero-order valence-corrected chi connectivity index (χ0v) is 16.3. The van der Waals surface area contributed by atoms with E-state index in [1.54, 1.807) is 23.1 Å². The maximum Gasteiger partial charge on any atom is 0.311 e. The van der Waals surface area contributed by atoms with E-state index < -0.39 is 11.9 Å². The Labute approximate surface area is 168 Å². The number of fused-ring (bicyclic) bond motifs is 1. The van der Waals surface area contributed by atoms with Crippen LogP contribution in [0.5, 0.6) is 11.5 Å². The lowest BCUT2D eigenvalue weighted by Gasteiger charge is -2.20. The van der Waals surface area contributed by atoms with Crippen molar-refractivity contribution in [3.63, 3.8) is 0 Å². The van der Waals surface area contributed by atoms with Crippen molar-refractivity contribution in [2.45, 2.75) is 20.3 Å². The lowest BCUT2D eigenvalue weighted by atomic mass is 10.1. The minimum absolute atomic E-state index is 0.0738. The molecule has 0 bridgehead atoms. The number of ketones is 1. The molecule has 0 radical (unpaired) electrons. The summed E-state index contributed by atoms with van der Waals surface area (Å²) < 4.78 is 15.7. The van der Waals surface area contributed by atoms with Gasteiger partial charge in [-0.2, -0.15) is 0 Å². The predicted octanol–water partition coefficient (Wildman–Crippen LogP) is 2.81. The molecule has 2 aliphatic heterocycles. The minimum atomic E-state index is -0.591. The van der Waals surface area contributed by atoms with Crippen molar-refractivity contribution in [1.29, 1.82) is 0 Å². The molecule has 29 heavy (non-hydrogen) atoms. The van der Waals surface area contributed by atoms with Gasteiger partial charge in [-0.05, 0) is 49.2 Å². The average molecular weight is 395 g/mol. The molecule has 0 unspecified atom stereocenters. The van der Waals surface area contributed by atoms with Gasteiger partial charge in [0.25, 0.3) is 0 Å². The molecule has 2 heterocycles. The number of hydrogen-bond acceptors (Lipinski definition) is 6. The number of nitrogens with zero attached hydrogens (tertiary/aromatic N) is 1. The third-order valence-electron chi connectivity index (χ3n) is 5.37. The highest BCUT2D eigenvalue weighted by Gasteiger charge is 2.37. The maximum atomic E-state index is 12.4. The van der Waals surface area contributed by atoms with Gasteiger partial charge in [-0.25, -0.2) is 0 Å². The topological polar surface area (TPSA) is 82.1 Å². The molecule has 0 aliphatic carbocycles. The number of esters is 1. The average Bonchev–Trinajstić information content (AvgIpc) is 3.34. The van der Waals surface area contributed by atoms with Gasteiger partial charge in [0.1, 0.15) is 0 Å². The summed E-state index contributed by atoms with van der Waals surface area (Å²) in [5, 5.41) is 0. The molecule has 0 spiro atoms. The van der Waals surface area contributed by atoms with Crippen LogP contribution in [0.1, 0.15) is 27.9 Å². The Hall–Kier alpha value is -3.35. The van der Waals surface area contributed by atoms with E-state index in [4.69, 9.17) is 14.2 Å². The molecule has 0 aromatic heterocycles. The molecule has 1 fully saturated rings. The van der Waals surface area contributed by atoms with Crippen molar-refractivity contribution in [1.82, 2.24) is 0 Å². The maximum absolute atomic E-state index is 12.4. The number of ether oxygens (including phenoxy) is 3. The van der Waals surface area contributed by atoms with E-state index in [0.717, 1.165) is 16.8 Å². The first kappa shape index (κ1) is 19.0. The normalized spacial score (nSPS) is 17.5. The van der Waals surface area contributed by atoms with E-state index >= 15 is 0 Å². The van der Waals surface area contributed by atoms with Crippen LogP contribution in [0.4, 0.5) is 5.69 Å². The Morgan fingerprint density at radius 3 is 2.76 bits per heavy atom. The van der Waals surface area contributed by atoms with Gasteiger partial charge in [0, 0.05) is 24.2 Å². The van der Waals surface area contributed by atoms with Crippen LogP contribution in [0.2, 0.25) is 0 Å². The van der Waals surface area contributed by atoms with Gasteiger partial charge in [-0.15, -0.1) is 0 Å². The van der Waals surface area contributed by atoms with Crippen LogP contribution < -0.4 is 14.4 Å². The number of aryl methyl sites for hydroxylation is 1. The second-order valence-corrected chi connectivity index (χ2v) is 7.22. The summed E-state index contributed by atoms with van der Waals surface area (Å²) in [4.78, 5) is 38.9. The standard InChI is InChI=1S/C22H21NO6/c1-13-4-3-5-17(14(13)2)23-10-16(9-21(23)25)22(26)27-11-18(24)15-6-7-19-20(8-15)29-12-28-19/h3-8,16H,9-12H2,1-2H3/t16-/m1/s1. The Kier molecular flexibility index (Phi) is 4.96. The SMILES string of the molecule is Cc1cccc(N2C[C@H](C(=O)OCC(=O)c3ccc4c(c3)OCO4)CC2=O)c1C. The monoisotopic (exact) mass is 395 g/mol. The van der Waals surface area contributed by atoms with E-state index in [1.807, 2.05) is 32.0 Å². The van der Waals surface area contributed by atoms with E-state index in [0.29, 0.717) is 17.1 Å². The number of Topliss-reactive ketones (excluding diaryl/α,β-unsaturated/α-hetero) is 1. The number of rotatable bonds is 5. The Morgan fingerprint density at radius 2 is 1.93 bits per heavy atom. The molecule has 1 saturated heterocycles. The summed E-state index contributed by atoms with van der Waals surface area (Å²) in [6, 6.07) is 10.6. The summed E-state index contributed by atoms with van der Waals surface area (Å²) in [6.45, 7) is 3.92. The van der Waals surface area contributed by atoms with Gasteiger partial charge in [-0.1, -0.05) is 12.1 Å². The highest BCUT2D eigenvalue weighted by molar-refractivity contribution is 6.01. The van der Waals surface area contributed by atoms with Gasteiger partial charge in [0.15, 0.2) is 23.9 Å². The van der Waals surface area contributed by atoms with Crippen molar-refractivity contribution in [2.75, 3.05) is 24.8 Å². The quantitative estimate of drug-likeness (QED) is 0.572. The fourth-order valence-corrected chi connectivity index (χ4v) is 3.53. The molecule has 4 rings (SSSR count). The fraction of sp³-hybridized carbons (Fsp3) is 0.318. The number of benzene rings is 2. The summed E-state index contributed by atoms with van der Waals surface area (Å²) in [6.07, 6.45) is 0.0738. The van der Waals surface area contributed by atoms with Gasteiger partial charge in [-0.3, -0.25) is 14.4 Å². The molecule has 2 aromatic rings. The van der Waals surface area contributed by atoms with Gasteiger partial charge >= 0.3 is 5.97 Å². The Morgan fingerprint density at radius 1 is 1.14 bits per heavy atom. The van der Waals surface area contributed by atoms with Crippen LogP contribution in [-0.2, 0) is 14.3 Å².